The molecule has 88 valence electrons. The lowest BCUT2D eigenvalue weighted by Gasteiger charge is -2.06. The summed E-state index contributed by atoms with van der Waals surface area (Å²) in [6, 6.07) is 18.8. The van der Waals surface area contributed by atoms with Crippen LogP contribution in [0.2, 0.25) is 0 Å². The van der Waals surface area contributed by atoms with Crippen molar-refractivity contribution in [2.24, 2.45) is 0 Å². The highest BCUT2D eigenvalue weighted by molar-refractivity contribution is 5.63. The molecule has 2 aromatic carbocycles. The minimum absolute atomic E-state index is 0.179. The Labute approximate surface area is 102 Å². The summed E-state index contributed by atoms with van der Waals surface area (Å²) in [5, 5.41) is 11.9. The zero-order valence-corrected chi connectivity index (χ0v) is 9.76. The summed E-state index contributed by atoms with van der Waals surface area (Å²) < 4.78 is 0. The molecule has 2 N–H and O–H groups in total. The quantitative estimate of drug-likeness (QED) is 0.769. The Morgan fingerprint density at radius 3 is 2.41 bits per heavy atom. The van der Waals surface area contributed by atoms with Crippen LogP contribution in [0.25, 0.3) is 11.1 Å². The van der Waals surface area contributed by atoms with Crippen LogP contribution >= 0.6 is 0 Å². The van der Waals surface area contributed by atoms with Crippen LogP contribution in [0.15, 0.2) is 54.6 Å². The molecule has 2 aromatic rings. The van der Waals surface area contributed by atoms with Crippen molar-refractivity contribution < 1.29 is 5.11 Å². The molecule has 0 aromatic heterocycles. The van der Waals surface area contributed by atoms with Crippen LogP contribution in [0.5, 0.6) is 0 Å². The van der Waals surface area contributed by atoms with Crippen molar-refractivity contribution in [2.75, 3.05) is 13.2 Å². The normalized spacial score (nSPS) is 10.4. The molecule has 0 aliphatic rings. The van der Waals surface area contributed by atoms with E-state index in [9.17, 15) is 0 Å². The second kappa shape index (κ2) is 6.18. The molecule has 0 atom stereocenters. The lowest BCUT2D eigenvalue weighted by Crippen LogP contribution is -2.17. The van der Waals surface area contributed by atoms with Crippen LogP contribution in [0.1, 0.15) is 5.56 Å². The van der Waals surface area contributed by atoms with E-state index >= 15 is 0 Å². The van der Waals surface area contributed by atoms with Gasteiger partial charge in [0.15, 0.2) is 0 Å². The third kappa shape index (κ3) is 3.41. The fourth-order valence-electron chi connectivity index (χ4n) is 1.80. The van der Waals surface area contributed by atoms with Crippen molar-refractivity contribution in [3.8, 4) is 11.1 Å². The van der Waals surface area contributed by atoms with Crippen LogP contribution in [0, 0.1) is 0 Å². The van der Waals surface area contributed by atoms with Crippen molar-refractivity contribution in [3.63, 3.8) is 0 Å². The van der Waals surface area contributed by atoms with E-state index in [1.807, 2.05) is 18.2 Å². The molecule has 0 bridgehead atoms. The molecule has 0 saturated heterocycles. The molecule has 0 heterocycles. The monoisotopic (exact) mass is 227 g/mol. The highest BCUT2D eigenvalue weighted by Gasteiger charge is 1.98. The molecule has 0 fully saturated rings. The first-order valence-electron chi connectivity index (χ1n) is 5.86. The highest BCUT2D eigenvalue weighted by atomic mass is 16.3. The van der Waals surface area contributed by atoms with E-state index in [0.29, 0.717) is 6.54 Å². The zero-order valence-electron chi connectivity index (χ0n) is 9.76. The Morgan fingerprint density at radius 2 is 1.65 bits per heavy atom. The third-order valence-electron chi connectivity index (χ3n) is 2.65. The summed E-state index contributed by atoms with van der Waals surface area (Å²) in [6.07, 6.45) is 0. The minimum atomic E-state index is 0.179. The highest BCUT2D eigenvalue weighted by Crippen LogP contribution is 2.19. The predicted octanol–water partition coefficient (Wildman–Crippen LogP) is 2.44. The molecule has 17 heavy (non-hydrogen) atoms. The number of aliphatic hydroxyl groups excluding tert-OH is 1. The second-order valence-corrected chi connectivity index (χ2v) is 3.97. The van der Waals surface area contributed by atoms with Crippen molar-refractivity contribution in [2.45, 2.75) is 6.54 Å². The summed E-state index contributed by atoms with van der Waals surface area (Å²) in [6.45, 7) is 1.61. The molecule has 0 unspecified atom stereocenters. The first kappa shape index (κ1) is 11.8. The van der Waals surface area contributed by atoms with Crippen molar-refractivity contribution in [1.29, 1.82) is 0 Å². The van der Waals surface area contributed by atoms with E-state index in [1.54, 1.807) is 0 Å². The lowest BCUT2D eigenvalue weighted by atomic mass is 10.0. The molecule has 0 aliphatic heterocycles. The maximum absolute atomic E-state index is 8.71. The molecule has 0 amide bonds. The number of aliphatic hydroxyl groups is 1. The Hall–Kier alpha value is -1.64. The Morgan fingerprint density at radius 1 is 0.882 bits per heavy atom. The summed E-state index contributed by atoms with van der Waals surface area (Å²) >= 11 is 0. The van der Waals surface area contributed by atoms with Crippen LogP contribution in [0.3, 0.4) is 0 Å². The van der Waals surface area contributed by atoms with Gasteiger partial charge in [-0.2, -0.15) is 0 Å². The largest absolute Gasteiger partial charge is 0.395 e. The standard InChI is InChI=1S/C15H17NO/c17-10-9-16-12-13-5-4-8-15(11-13)14-6-2-1-3-7-14/h1-8,11,16-17H,9-10,12H2. The Balaban J connectivity index is 2.12. The smallest absolute Gasteiger partial charge is 0.0556 e. The van der Waals surface area contributed by atoms with Gasteiger partial charge in [-0.05, 0) is 22.8 Å². The average Bonchev–Trinajstić information content (AvgIpc) is 2.41. The van der Waals surface area contributed by atoms with Gasteiger partial charge in [0.1, 0.15) is 0 Å². The molecule has 0 aliphatic carbocycles. The summed E-state index contributed by atoms with van der Waals surface area (Å²) in [4.78, 5) is 0. The Kier molecular flexibility index (Phi) is 4.30. The second-order valence-electron chi connectivity index (χ2n) is 3.97. The van der Waals surface area contributed by atoms with E-state index in [4.69, 9.17) is 5.11 Å². The summed E-state index contributed by atoms with van der Waals surface area (Å²) in [5.41, 5.74) is 3.70. The number of nitrogens with one attached hydrogen (secondary N) is 1. The lowest BCUT2D eigenvalue weighted by molar-refractivity contribution is 0.292. The number of rotatable bonds is 5. The van der Waals surface area contributed by atoms with Crippen LogP contribution in [-0.4, -0.2) is 18.3 Å². The summed E-state index contributed by atoms with van der Waals surface area (Å²) in [7, 11) is 0. The average molecular weight is 227 g/mol. The molecular weight excluding hydrogens is 210 g/mol. The first-order valence-corrected chi connectivity index (χ1v) is 5.86. The van der Waals surface area contributed by atoms with Crippen molar-refractivity contribution >= 4 is 0 Å². The molecule has 0 radical (unpaired) electrons. The maximum Gasteiger partial charge on any atom is 0.0556 e. The van der Waals surface area contributed by atoms with Gasteiger partial charge in [-0.15, -0.1) is 0 Å². The third-order valence-corrected chi connectivity index (χ3v) is 2.65. The van der Waals surface area contributed by atoms with Gasteiger partial charge in [0.25, 0.3) is 0 Å². The predicted molar refractivity (Wildman–Crippen MR) is 70.7 cm³/mol. The maximum atomic E-state index is 8.71. The SMILES string of the molecule is OCCNCc1cccc(-c2ccccc2)c1. The molecule has 0 spiro atoms. The first-order chi connectivity index (χ1) is 8.40. The summed E-state index contributed by atoms with van der Waals surface area (Å²) in [5.74, 6) is 0. The van der Waals surface area contributed by atoms with Crippen LogP contribution in [0.4, 0.5) is 0 Å². The van der Waals surface area contributed by atoms with E-state index in [2.05, 4.69) is 41.7 Å². The van der Waals surface area contributed by atoms with E-state index < -0.39 is 0 Å². The topological polar surface area (TPSA) is 32.3 Å². The fraction of sp³-hybridized carbons (Fsp3) is 0.200. The van der Waals surface area contributed by atoms with E-state index in [0.717, 1.165) is 6.54 Å². The van der Waals surface area contributed by atoms with Gasteiger partial charge in [0.2, 0.25) is 0 Å². The van der Waals surface area contributed by atoms with Gasteiger partial charge < -0.3 is 10.4 Å². The molecule has 2 nitrogen and oxygen atoms in total. The van der Waals surface area contributed by atoms with Crippen LogP contribution in [-0.2, 0) is 6.54 Å². The molecule has 2 rings (SSSR count). The van der Waals surface area contributed by atoms with E-state index in [1.165, 1.54) is 16.7 Å². The number of benzene rings is 2. The van der Waals surface area contributed by atoms with Crippen molar-refractivity contribution in [3.05, 3.63) is 60.2 Å². The van der Waals surface area contributed by atoms with E-state index in [-0.39, 0.29) is 6.61 Å². The number of hydrogen-bond donors (Lipinski definition) is 2. The molecular formula is C15H17NO. The van der Waals surface area contributed by atoms with Gasteiger partial charge in [0, 0.05) is 13.1 Å². The van der Waals surface area contributed by atoms with Gasteiger partial charge in [-0.1, -0.05) is 48.5 Å². The van der Waals surface area contributed by atoms with Gasteiger partial charge in [-0.3, -0.25) is 0 Å². The van der Waals surface area contributed by atoms with Crippen molar-refractivity contribution in [1.82, 2.24) is 5.32 Å². The van der Waals surface area contributed by atoms with Gasteiger partial charge >= 0.3 is 0 Å². The minimum Gasteiger partial charge on any atom is -0.395 e. The molecule has 2 heteroatoms. The number of hydrogen-bond acceptors (Lipinski definition) is 2. The molecule has 0 saturated carbocycles. The Bertz CT molecular complexity index is 453. The fourth-order valence-corrected chi connectivity index (χ4v) is 1.80. The van der Waals surface area contributed by atoms with Crippen LogP contribution < -0.4 is 5.32 Å². The zero-order chi connectivity index (χ0) is 11.9. The van der Waals surface area contributed by atoms with Gasteiger partial charge in [-0.25, -0.2) is 0 Å². The van der Waals surface area contributed by atoms with Gasteiger partial charge in [0.05, 0.1) is 6.61 Å².